The van der Waals surface area contributed by atoms with E-state index < -0.39 is 0 Å². The van der Waals surface area contributed by atoms with Gasteiger partial charge in [0.15, 0.2) is 0 Å². The van der Waals surface area contributed by atoms with Crippen LogP contribution in [0.4, 0.5) is 0 Å². The van der Waals surface area contributed by atoms with Crippen molar-refractivity contribution in [1.29, 1.82) is 0 Å². The maximum Gasteiger partial charge on any atom is 0.114 e. The van der Waals surface area contributed by atoms with E-state index in [1.165, 1.54) is 18.4 Å². The Morgan fingerprint density at radius 2 is 2.19 bits per heavy atom. The van der Waals surface area contributed by atoms with E-state index in [1.54, 1.807) is 0 Å². The Hall–Kier alpha value is -0.660. The predicted molar refractivity (Wildman–Crippen MR) is 67.3 cm³/mol. The Balaban J connectivity index is 2.36. The number of nitrogens with zero attached hydrogens (tertiary/aromatic N) is 1. The molecule has 1 spiro atoms. The van der Waals surface area contributed by atoms with Crippen molar-refractivity contribution in [3.8, 4) is 0 Å². The van der Waals surface area contributed by atoms with Gasteiger partial charge in [0.2, 0.25) is 0 Å². The van der Waals surface area contributed by atoms with E-state index in [0.29, 0.717) is 5.92 Å². The molecule has 0 bridgehead atoms. The minimum absolute atomic E-state index is 0.118. The van der Waals surface area contributed by atoms with Gasteiger partial charge in [-0.05, 0) is 38.0 Å². The standard InChI is InChI=1S/C14H23NO/c1-4-12-9-13(10-12)8-6-7-11(3)14(13,5-2)15-16/h9,11H,4-8,10H2,1-3H3. The molecule has 2 aliphatic rings. The first-order valence-corrected chi connectivity index (χ1v) is 6.69. The molecule has 0 amide bonds. The van der Waals surface area contributed by atoms with Gasteiger partial charge in [-0.2, -0.15) is 4.91 Å². The second kappa shape index (κ2) is 3.97. The highest BCUT2D eigenvalue weighted by molar-refractivity contribution is 5.32. The summed E-state index contributed by atoms with van der Waals surface area (Å²) in [7, 11) is 0. The topological polar surface area (TPSA) is 29.4 Å². The van der Waals surface area contributed by atoms with Crippen LogP contribution >= 0.6 is 0 Å². The molecular formula is C14H23NO. The summed E-state index contributed by atoms with van der Waals surface area (Å²) in [6, 6.07) is 0. The molecule has 0 heterocycles. The molecular weight excluding hydrogens is 198 g/mol. The van der Waals surface area contributed by atoms with Crippen LogP contribution in [-0.2, 0) is 0 Å². The van der Waals surface area contributed by atoms with Crippen molar-refractivity contribution in [2.75, 3.05) is 0 Å². The lowest BCUT2D eigenvalue weighted by Gasteiger charge is -2.56. The number of rotatable bonds is 3. The average Bonchev–Trinajstić information content (AvgIpc) is 2.25. The predicted octanol–water partition coefficient (Wildman–Crippen LogP) is 4.45. The van der Waals surface area contributed by atoms with Crippen LogP contribution in [0.2, 0.25) is 0 Å². The van der Waals surface area contributed by atoms with Crippen molar-refractivity contribution in [3.63, 3.8) is 0 Å². The lowest BCUT2D eigenvalue weighted by Crippen LogP contribution is -2.55. The highest BCUT2D eigenvalue weighted by Crippen LogP contribution is 2.60. The van der Waals surface area contributed by atoms with Crippen LogP contribution in [0, 0.1) is 16.2 Å². The fourth-order valence-corrected chi connectivity index (χ4v) is 4.05. The summed E-state index contributed by atoms with van der Waals surface area (Å²) in [6.45, 7) is 6.54. The van der Waals surface area contributed by atoms with E-state index in [4.69, 9.17) is 0 Å². The van der Waals surface area contributed by atoms with Crippen molar-refractivity contribution in [2.45, 2.75) is 64.8 Å². The second-order valence-electron chi connectivity index (χ2n) is 5.65. The Kier molecular flexibility index (Phi) is 2.93. The van der Waals surface area contributed by atoms with E-state index in [9.17, 15) is 4.91 Å². The van der Waals surface area contributed by atoms with E-state index in [2.05, 4.69) is 32.0 Å². The van der Waals surface area contributed by atoms with Crippen LogP contribution in [0.1, 0.15) is 59.3 Å². The smallest absolute Gasteiger partial charge is 0.114 e. The van der Waals surface area contributed by atoms with Crippen LogP contribution in [0.15, 0.2) is 16.8 Å². The third kappa shape index (κ3) is 1.31. The van der Waals surface area contributed by atoms with Gasteiger partial charge in [0.05, 0.1) is 0 Å². The van der Waals surface area contributed by atoms with Crippen molar-refractivity contribution >= 4 is 0 Å². The van der Waals surface area contributed by atoms with Crippen LogP contribution in [0.25, 0.3) is 0 Å². The Labute approximate surface area is 98.5 Å². The summed E-state index contributed by atoms with van der Waals surface area (Å²) in [4.78, 5) is 11.4. The molecule has 2 heteroatoms. The van der Waals surface area contributed by atoms with E-state index >= 15 is 0 Å². The van der Waals surface area contributed by atoms with E-state index in [-0.39, 0.29) is 11.0 Å². The molecule has 0 saturated heterocycles. The third-order valence-electron chi connectivity index (χ3n) is 5.12. The first-order chi connectivity index (χ1) is 7.64. The van der Waals surface area contributed by atoms with Crippen molar-refractivity contribution in [1.82, 2.24) is 0 Å². The summed E-state index contributed by atoms with van der Waals surface area (Å²) in [5.41, 5.74) is 1.33. The normalized spacial score (nSPS) is 42.7. The Bertz CT molecular complexity index is 323. The van der Waals surface area contributed by atoms with Gasteiger partial charge in [0, 0.05) is 5.41 Å². The van der Waals surface area contributed by atoms with Crippen LogP contribution in [0.3, 0.4) is 0 Å². The lowest BCUT2D eigenvalue weighted by atomic mass is 9.49. The zero-order valence-electron chi connectivity index (χ0n) is 10.8. The van der Waals surface area contributed by atoms with Gasteiger partial charge in [0.25, 0.3) is 0 Å². The largest absolute Gasteiger partial charge is 0.150 e. The average molecular weight is 221 g/mol. The fraction of sp³-hybridized carbons (Fsp3) is 0.857. The van der Waals surface area contributed by atoms with Gasteiger partial charge in [-0.15, -0.1) is 0 Å². The first kappa shape index (κ1) is 11.8. The molecule has 0 aromatic heterocycles. The first-order valence-electron chi connectivity index (χ1n) is 6.69. The van der Waals surface area contributed by atoms with Crippen molar-refractivity contribution < 1.29 is 0 Å². The molecule has 16 heavy (non-hydrogen) atoms. The second-order valence-corrected chi connectivity index (χ2v) is 5.65. The van der Waals surface area contributed by atoms with E-state index in [0.717, 1.165) is 25.7 Å². The van der Waals surface area contributed by atoms with Crippen molar-refractivity contribution in [3.05, 3.63) is 16.6 Å². The van der Waals surface area contributed by atoms with Crippen LogP contribution < -0.4 is 0 Å². The number of allylic oxidation sites excluding steroid dienone is 1. The van der Waals surface area contributed by atoms with Gasteiger partial charge in [0.1, 0.15) is 5.54 Å². The molecule has 2 nitrogen and oxygen atoms in total. The molecule has 2 rings (SSSR count). The van der Waals surface area contributed by atoms with E-state index in [1.807, 2.05) is 0 Å². The summed E-state index contributed by atoms with van der Waals surface area (Å²) >= 11 is 0. The summed E-state index contributed by atoms with van der Waals surface area (Å²) in [6.07, 6.45) is 9.11. The zero-order valence-corrected chi connectivity index (χ0v) is 10.8. The molecule has 2 aliphatic carbocycles. The van der Waals surface area contributed by atoms with Gasteiger partial charge in [-0.1, -0.05) is 44.0 Å². The van der Waals surface area contributed by atoms with Gasteiger partial charge in [-0.25, -0.2) is 0 Å². The molecule has 0 aliphatic heterocycles. The molecule has 3 unspecified atom stereocenters. The van der Waals surface area contributed by atoms with Gasteiger partial charge < -0.3 is 0 Å². The van der Waals surface area contributed by atoms with Crippen molar-refractivity contribution in [2.24, 2.45) is 16.5 Å². The highest BCUT2D eigenvalue weighted by Gasteiger charge is 2.58. The number of hydrogen-bond acceptors (Lipinski definition) is 2. The SMILES string of the molecule is CCC1=CC2(CCCC(C)C2(CC)N=O)C1. The molecule has 0 aromatic carbocycles. The molecule has 0 radical (unpaired) electrons. The highest BCUT2D eigenvalue weighted by atomic mass is 16.3. The minimum atomic E-state index is -0.316. The van der Waals surface area contributed by atoms with Gasteiger partial charge in [-0.3, -0.25) is 0 Å². The van der Waals surface area contributed by atoms with Crippen LogP contribution in [0.5, 0.6) is 0 Å². The monoisotopic (exact) mass is 221 g/mol. The summed E-state index contributed by atoms with van der Waals surface area (Å²) < 4.78 is 0. The molecule has 1 saturated carbocycles. The maximum atomic E-state index is 11.4. The molecule has 1 fully saturated rings. The number of hydrogen-bond donors (Lipinski definition) is 0. The van der Waals surface area contributed by atoms with Gasteiger partial charge >= 0.3 is 0 Å². The summed E-state index contributed by atoms with van der Waals surface area (Å²) in [5, 5.41) is 3.63. The quantitative estimate of drug-likeness (QED) is 0.511. The Morgan fingerprint density at radius 1 is 1.50 bits per heavy atom. The maximum absolute atomic E-state index is 11.4. The molecule has 3 atom stereocenters. The zero-order chi connectivity index (χ0) is 11.8. The molecule has 0 N–H and O–H groups in total. The third-order valence-corrected chi connectivity index (χ3v) is 5.12. The minimum Gasteiger partial charge on any atom is -0.150 e. The molecule has 90 valence electrons. The lowest BCUT2D eigenvalue weighted by molar-refractivity contribution is 0.0372. The molecule has 0 aromatic rings. The Morgan fingerprint density at radius 3 is 2.69 bits per heavy atom. The van der Waals surface area contributed by atoms with Crippen LogP contribution in [-0.4, -0.2) is 5.54 Å². The fourth-order valence-electron chi connectivity index (χ4n) is 4.05. The summed E-state index contributed by atoms with van der Waals surface area (Å²) in [5.74, 6) is 0.443. The number of nitroso groups, excluding NO2 is 1.